The summed E-state index contributed by atoms with van der Waals surface area (Å²) in [6.45, 7) is 4.49. The maximum absolute atomic E-state index is 10.9. The number of hydrogen-bond acceptors (Lipinski definition) is 4. The van der Waals surface area contributed by atoms with Gasteiger partial charge in [-0.15, -0.1) is 0 Å². The molecule has 1 aromatic rings. The highest BCUT2D eigenvalue weighted by atomic mass is 16.6. The molecule has 1 aliphatic heterocycles. The summed E-state index contributed by atoms with van der Waals surface area (Å²) in [7, 11) is 1.70. The van der Waals surface area contributed by atoms with Gasteiger partial charge in [-0.2, -0.15) is 5.10 Å². The SMILES string of the molecule is CC1=C[C@@H](C)[C@H](c2c([N+](=O)[O-])cnn2C)OC1. The van der Waals surface area contributed by atoms with Crippen molar-refractivity contribution in [2.45, 2.75) is 20.0 Å². The third kappa shape index (κ3) is 2.08. The second-order valence-electron chi connectivity index (χ2n) is 4.40. The van der Waals surface area contributed by atoms with Gasteiger partial charge in [0, 0.05) is 13.0 Å². The van der Waals surface area contributed by atoms with Crippen molar-refractivity contribution in [3.8, 4) is 0 Å². The zero-order valence-corrected chi connectivity index (χ0v) is 10.1. The molecule has 1 aromatic heterocycles. The van der Waals surface area contributed by atoms with Crippen LogP contribution in [-0.4, -0.2) is 21.3 Å². The molecular formula is C11H15N3O3. The summed E-state index contributed by atoms with van der Waals surface area (Å²) in [5, 5.41) is 14.9. The number of ether oxygens (including phenoxy) is 1. The fourth-order valence-corrected chi connectivity index (χ4v) is 2.19. The Balaban J connectivity index is 2.41. The zero-order chi connectivity index (χ0) is 12.6. The molecule has 2 atom stereocenters. The molecule has 92 valence electrons. The van der Waals surface area contributed by atoms with Crippen molar-refractivity contribution in [1.29, 1.82) is 0 Å². The van der Waals surface area contributed by atoms with Crippen LogP contribution in [0.1, 0.15) is 25.6 Å². The predicted octanol–water partition coefficient (Wildman–Crippen LogP) is 1.98. The predicted molar refractivity (Wildman–Crippen MR) is 61.5 cm³/mol. The molecule has 0 N–H and O–H groups in total. The smallest absolute Gasteiger partial charge is 0.312 e. The van der Waals surface area contributed by atoms with Crippen LogP contribution in [0.15, 0.2) is 17.8 Å². The molecule has 0 saturated heterocycles. The van der Waals surface area contributed by atoms with Gasteiger partial charge in [0.1, 0.15) is 18.0 Å². The molecule has 0 unspecified atom stereocenters. The third-order valence-electron chi connectivity index (χ3n) is 2.95. The molecular weight excluding hydrogens is 222 g/mol. The summed E-state index contributed by atoms with van der Waals surface area (Å²) >= 11 is 0. The van der Waals surface area contributed by atoms with Crippen LogP contribution in [0.5, 0.6) is 0 Å². The molecule has 0 radical (unpaired) electrons. The average Bonchev–Trinajstić information content (AvgIpc) is 2.60. The fraction of sp³-hybridized carbons (Fsp3) is 0.545. The van der Waals surface area contributed by atoms with Crippen LogP contribution in [0, 0.1) is 16.0 Å². The van der Waals surface area contributed by atoms with E-state index in [2.05, 4.69) is 11.2 Å². The monoisotopic (exact) mass is 237 g/mol. The van der Waals surface area contributed by atoms with Crippen molar-refractivity contribution in [2.24, 2.45) is 13.0 Å². The van der Waals surface area contributed by atoms with Crippen molar-refractivity contribution in [3.63, 3.8) is 0 Å². The lowest BCUT2D eigenvalue weighted by Crippen LogP contribution is -2.21. The van der Waals surface area contributed by atoms with Crippen molar-refractivity contribution in [3.05, 3.63) is 33.7 Å². The summed E-state index contributed by atoms with van der Waals surface area (Å²) in [4.78, 5) is 10.5. The lowest BCUT2D eigenvalue weighted by Gasteiger charge is -2.26. The maximum atomic E-state index is 10.9. The first-order valence-corrected chi connectivity index (χ1v) is 5.46. The number of aryl methyl sites for hydroxylation is 1. The number of rotatable bonds is 2. The van der Waals surface area contributed by atoms with E-state index in [1.54, 1.807) is 7.05 Å². The summed E-state index contributed by atoms with van der Waals surface area (Å²) in [6.07, 6.45) is 3.06. The Kier molecular flexibility index (Phi) is 2.97. The van der Waals surface area contributed by atoms with Gasteiger partial charge in [-0.1, -0.05) is 18.6 Å². The van der Waals surface area contributed by atoms with Gasteiger partial charge in [-0.3, -0.25) is 14.8 Å². The molecule has 0 saturated carbocycles. The van der Waals surface area contributed by atoms with Crippen LogP contribution in [0.25, 0.3) is 0 Å². The molecule has 6 nitrogen and oxygen atoms in total. The van der Waals surface area contributed by atoms with E-state index in [0.29, 0.717) is 12.3 Å². The molecule has 0 amide bonds. The van der Waals surface area contributed by atoms with E-state index in [1.807, 2.05) is 13.8 Å². The molecule has 0 spiro atoms. The first kappa shape index (κ1) is 11.8. The van der Waals surface area contributed by atoms with E-state index < -0.39 is 4.92 Å². The highest BCUT2D eigenvalue weighted by molar-refractivity contribution is 5.36. The molecule has 0 aliphatic carbocycles. The minimum Gasteiger partial charge on any atom is -0.367 e. The van der Waals surface area contributed by atoms with Crippen molar-refractivity contribution >= 4 is 5.69 Å². The average molecular weight is 237 g/mol. The lowest BCUT2D eigenvalue weighted by atomic mass is 9.96. The molecule has 2 rings (SSSR count). The Hall–Kier alpha value is -1.69. The molecule has 1 aliphatic rings. The Labute approximate surface area is 99.0 Å². The van der Waals surface area contributed by atoms with Crippen LogP contribution in [0.4, 0.5) is 5.69 Å². The van der Waals surface area contributed by atoms with E-state index in [9.17, 15) is 10.1 Å². The van der Waals surface area contributed by atoms with Gasteiger partial charge in [0.15, 0.2) is 0 Å². The van der Waals surface area contributed by atoms with E-state index >= 15 is 0 Å². The van der Waals surface area contributed by atoms with Crippen molar-refractivity contribution in [2.75, 3.05) is 6.61 Å². The minimum atomic E-state index is -0.413. The number of nitrogens with zero attached hydrogens (tertiary/aromatic N) is 3. The van der Waals surface area contributed by atoms with Gasteiger partial charge < -0.3 is 4.74 Å². The summed E-state index contributed by atoms with van der Waals surface area (Å²) in [6, 6.07) is 0. The molecule has 17 heavy (non-hydrogen) atoms. The van der Waals surface area contributed by atoms with Crippen LogP contribution in [0.2, 0.25) is 0 Å². The number of aromatic nitrogens is 2. The number of hydrogen-bond donors (Lipinski definition) is 0. The van der Waals surface area contributed by atoms with Gasteiger partial charge in [-0.25, -0.2) is 0 Å². The summed E-state index contributed by atoms with van der Waals surface area (Å²) in [5.74, 6) is 0.109. The number of nitro groups is 1. The van der Waals surface area contributed by atoms with Gasteiger partial charge in [0.05, 0.1) is 11.5 Å². The first-order chi connectivity index (χ1) is 8.00. The molecule has 0 fully saturated rings. The largest absolute Gasteiger partial charge is 0.367 e. The van der Waals surface area contributed by atoms with Crippen molar-refractivity contribution in [1.82, 2.24) is 9.78 Å². The van der Waals surface area contributed by atoms with E-state index in [4.69, 9.17) is 4.74 Å². The Morgan fingerprint density at radius 1 is 1.65 bits per heavy atom. The van der Waals surface area contributed by atoms with Crippen LogP contribution in [0.3, 0.4) is 0 Å². The second-order valence-corrected chi connectivity index (χ2v) is 4.40. The normalized spacial score (nSPS) is 24.5. The highest BCUT2D eigenvalue weighted by Crippen LogP contribution is 2.36. The molecule has 0 bridgehead atoms. The van der Waals surface area contributed by atoms with E-state index in [0.717, 1.165) is 5.57 Å². The Morgan fingerprint density at radius 2 is 2.35 bits per heavy atom. The van der Waals surface area contributed by atoms with Crippen LogP contribution in [-0.2, 0) is 11.8 Å². The second kappa shape index (κ2) is 4.29. The quantitative estimate of drug-likeness (QED) is 0.448. The van der Waals surface area contributed by atoms with Gasteiger partial charge >= 0.3 is 5.69 Å². The Morgan fingerprint density at radius 3 is 2.94 bits per heavy atom. The zero-order valence-electron chi connectivity index (χ0n) is 10.1. The molecule has 2 heterocycles. The first-order valence-electron chi connectivity index (χ1n) is 5.46. The van der Waals surface area contributed by atoms with Crippen molar-refractivity contribution < 1.29 is 9.66 Å². The van der Waals surface area contributed by atoms with E-state index in [-0.39, 0.29) is 17.7 Å². The van der Waals surface area contributed by atoms with Crippen LogP contribution >= 0.6 is 0 Å². The summed E-state index contributed by atoms with van der Waals surface area (Å²) in [5.41, 5.74) is 1.71. The third-order valence-corrected chi connectivity index (χ3v) is 2.95. The maximum Gasteiger partial charge on any atom is 0.312 e. The van der Waals surface area contributed by atoms with Crippen LogP contribution < -0.4 is 0 Å². The molecule has 0 aromatic carbocycles. The Bertz CT molecular complexity index is 478. The lowest BCUT2D eigenvalue weighted by molar-refractivity contribution is -0.386. The fourth-order valence-electron chi connectivity index (χ4n) is 2.19. The summed E-state index contributed by atoms with van der Waals surface area (Å²) < 4.78 is 7.21. The van der Waals surface area contributed by atoms with Gasteiger partial charge in [0.25, 0.3) is 0 Å². The van der Waals surface area contributed by atoms with Gasteiger partial charge in [0.2, 0.25) is 0 Å². The molecule has 6 heteroatoms. The topological polar surface area (TPSA) is 70.2 Å². The van der Waals surface area contributed by atoms with E-state index in [1.165, 1.54) is 10.9 Å². The minimum absolute atomic E-state index is 0.0253. The standard InChI is InChI=1S/C11H15N3O3/c1-7-4-8(2)11(17-6-7)10-9(14(15)16)5-12-13(10)3/h4-5,8,11H,6H2,1-3H3/t8-,11-/m1/s1. The van der Waals surface area contributed by atoms with Gasteiger partial charge in [-0.05, 0) is 6.92 Å². The highest BCUT2D eigenvalue weighted by Gasteiger charge is 2.32.